The van der Waals surface area contributed by atoms with Crippen LogP contribution in [0.1, 0.15) is 12.0 Å². The number of halogens is 1. The van der Waals surface area contributed by atoms with Crippen molar-refractivity contribution in [3.8, 4) is 11.5 Å². The Morgan fingerprint density at radius 1 is 1.27 bits per heavy atom. The summed E-state index contributed by atoms with van der Waals surface area (Å²) in [5.74, 6) is 0.0860. The van der Waals surface area contributed by atoms with Crippen molar-refractivity contribution >= 4 is 0 Å². The van der Waals surface area contributed by atoms with Gasteiger partial charge in [-0.2, -0.15) is 0 Å². The Kier molecular flexibility index (Phi) is 3.03. The summed E-state index contributed by atoms with van der Waals surface area (Å²) in [5.41, 5.74) is 2.69. The number of nitrogens with one attached hydrogen (secondary N) is 1. The Morgan fingerprint density at radius 3 is 2.73 bits per heavy atom. The van der Waals surface area contributed by atoms with Crippen LogP contribution in [0.3, 0.4) is 0 Å². The van der Waals surface area contributed by atoms with Gasteiger partial charge in [-0.3, -0.25) is 0 Å². The van der Waals surface area contributed by atoms with Crippen molar-refractivity contribution in [3.63, 3.8) is 0 Å². The molecule has 82 valence electrons. The van der Waals surface area contributed by atoms with E-state index >= 15 is 0 Å². The molecule has 0 atom stereocenters. The van der Waals surface area contributed by atoms with Gasteiger partial charge < -0.3 is 14.7 Å². The average molecular weight is 213 g/mol. The lowest BCUT2D eigenvalue weighted by Crippen LogP contribution is -2.08. The molecule has 15 heavy (non-hydrogen) atoms. The fourth-order valence-corrected chi connectivity index (χ4v) is 1.50. The van der Waals surface area contributed by atoms with Crippen LogP contribution in [0.15, 0.2) is 12.1 Å². The predicted octanol–water partition coefficient (Wildman–Crippen LogP) is 1.47. The maximum Gasteiger partial charge on any atom is 0.197 e. The maximum atomic E-state index is 13.4. The highest BCUT2D eigenvalue weighted by atomic mass is 19.1. The van der Waals surface area contributed by atoms with E-state index in [1.54, 1.807) is 6.07 Å². The van der Waals surface area contributed by atoms with Crippen molar-refractivity contribution in [2.24, 2.45) is 0 Å². The van der Waals surface area contributed by atoms with Gasteiger partial charge in [0, 0.05) is 18.5 Å². The first kappa shape index (κ1) is 10.2. The van der Waals surface area contributed by atoms with E-state index in [0.29, 0.717) is 24.5 Å². The third-order valence-electron chi connectivity index (χ3n) is 2.20. The molecule has 0 fully saturated rings. The molecule has 0 aliphatic carbocycles. The number of fused-ring (bicyclic) bond motifs is 1. The topological polar surface area (TPSA) is 50.7 Å². The Hall–Kier alpha value is -1.33. The molecule has 4 nitrogen and oxygen atoms in total. The SMILES string of the molecule is ONCc1ccc(F)c2c1OCCCO2. The van der Waals surface area contributed by atoms with Gasteiger partial charge >= 0.3 is 0 Å². The number of rotatable bonds is 2. The smallest absolute Gasteiger partial charge is 0.197 e. The normalized spacial score (nSPS) is 14.8. The third-order valence-corrected chi connectivity index (χ3v) is 2.20. The van der Waals surface area contributed by atoms with E-state index in [-0.39, 0.29) is 12.3 Å². The van der Waals surface area contributed by atoms with Crippen LogP contribution in [0, 0.1) is 5.82 Å². The van der Waals surface area contributed by atoms with E-state index in [0.717, 1.165) is 6.42 Å². The summed E-state index contributed by atoms with van der Waals surface area (Å²) in [6.07, 6.45) is 0.722. The summed E-state index contributed by atoms with van der Waals surface area (Å²) in [5, 5.41) is 8.62. The first-order valence-corrected chi connectivity index (χ1v) is 4.77. The Bertz CT molecular complexity index is 357. The molecule has 5 heteroatoms. The Morgan fingerprint density at radius 2 is 2.00 bits per heavy atom. The van der Waals surface area contributed by atoms with Crippen LogP contribution >= 0.6 is 0 Å². The lowest BCUT2D eigenvalue weighted by molar-refractivity contribution is 0.159. The van der Waals surface area contributed by atoms with Gasteiger partial charge in [0.2, 0.25) is 0 Å². The molecule has 0 unspecified atom stereocenters. The highest BCUT2D eigenvalue weighted by Gasteiger charge is 2.18. The molecule has 0 amide bonds. The van der Waals surface area contributed by atoms with Gasteiger partial charge in [-0.15, -0.1) is 0 Å². The van der Waals surface area contributed by atoms with Gasteiger partial charge in [-0.25, -0.2) is 9.87 Å². The molecular formula is C10H12FNO3. The molecule has 1 aliphatic rings. The molecular weight excluding hydrogens is 201 g/mol. The maximum absolute atomic E-state index is 13.4. The molecule has 1 aliphatic heterocycles. The van der Waals surface area contributed by atoms with Crippen molar-refractivity contribution < 1.29 is 19.1 Å². The second kappa shape index (κ2) is 4.46. The van der Waals surface area contributed by atoms with Crippen molar-refractivity contribution in [1.29, 1.82) is 0 Å². The minimum Gasteiger partial charge on any atom is -0.489 e. The molecule has 0 saturated heterocycles. The standard InChI is InChI=1S/C10H12FNO3/c11-8-3-2-7(6-12-13)9-10(8)15-5-1-4-14-9/h2-3,12-13H,1,4-6H2. The largest absolute Gasteiger partial charge is 0.489 e. The Labute approximate surface area is 86.6 Å². The van der Waals surface area contributed by atoms with E-state index in [2.05, 4.69) is 0 Å². The van der Waals surface area contributed by atoms with E-state index in [1.807, 2.05) is 5.48 Å². The lowest BCUT2D eigenvalue weighted by atomic mass is 10.2. The van der Waals surface area contributed by atoms with Crippen LogP contribution in [0.2, 0.25) is 0 Å². The van der Waals surface area contributed by atoms with Gasteiger partial charge in [0.1, 0.15) is 0 Å². The second-order valence-electron chi connectivity index (χ2n) is 3.25. The summed E-state index contributed by atoms with van der Waals surface area (Å²) in [7, 11) is 0. The zero-order valence-corrected chi connectivity index (χ0v) is 8.12. The van der Waals surface area contributed by atoms with Gasteiger partial charge in [-0.1, -0.05) is 6.07 Å². The summed E-state index contributed by atoms with van der Waals surface area (Å²) >= 11 is 0. The number of hydrogen-bond donors (Lipinski definition) is 2. The second-order valence-corrected chi connectivity index (χ2v) is 3.25. The lowest BCUT2D eigenvalue weighted by Gasteiger charge is -2.12. The fraction of sp³-hybridized carbons (Fsp3) is 0.400. The van der Waals surface area contributed by atoms with Crippen molar-refractivity contribution in [2.45, 2.75) is 13.0 Å². The first-order chi connectivity index (χ1) is 7.33. The third kappa shape index (κ3) is 2.03. The van der Waals surface area contributed by atoms with Crippen molar-refractivity contribution in [2.75, 3.05) is 13.2 Å². The van der Waals surface area contributed by atoms with Crippen molar-refractivity contribution in [3.05, 3.63) is 23.5 Å². The minimum atomic E-state index is -0.436. The van der Waals surface area contributed by atoms with Crippen LogP contribution in [0.5, 0.6) is 11.5 Å². The molecule has 2 rings (SSSR count). The average Bonchev–Trinajstić information content (AvgIpc) is 2.48. The molecule has 0 spiro atoms. The molecule has 0 aromatic heterocycles. The molecule has 1 aromatic carbocycles. The summed E-state index contributed by atoms with van der Waals surface area (Å²) in [6.45, 7) is 1.14. The van der Waals surface area contributed by atoms with E-state index in [1.165, 1.54) is 6.07 Å². The van der Waals surface area contributed by atoms with Crippen LogP contribution in [0.25, 0.3) is 0 Å². The predicted molar refractivity (Wildman–Crippen MR) is 50.6 cm³/mol. The number of hydrogen-bond acceptors (Lipinski definition) is 4. The van der Waals surface area contributed by atoms with Gasteiger partial charge in [-0.05, 0) is 6.07 Å². The summed E-state index contributed by atoms with van der Waals surface area (Å²) < 4.78 is 24.0. The molecule has 1 aromatic rings. The molecule has 0 bridgehead atoms. The number of ether oxygens (including phenoxy) is 2. The van der Waals surface area contributed by atoms with Gasteiger partial charge in [0.25, 0.3) is 0 Å². The van der Waals surface area contributed by atoms with Gasteiger partial charge in [0.15, 0.2) is 17.3 Å². The molecule has 2 N–H and O–H groups in total. The molecule has 0 radical (unpaired) electrons. The van der Waals surface area contributed by atoms with Crippen molar-refractivity contribution in [1.82, 2.24) is 5.48 Å². The highest BCUT2D eigenvalue weighted by Crippen LogP contribution is 2.35. The van der Waals surface area contributed by atoms with Crippen LogP contribution in [0.4, 0.5) is 4.39 Å². The van der Waals surface area contributed by atoms with Crippen LogP contribution in [-0.2, 0) is 6.54 Å². The zero-order chi connectivity index (χ0) is 10.7. The monoisotopic (exact) mass is 213 g/mol. The summed E-state index contributed by atoms with van der Waals surface area (Å²) in [6, 6.07) is 2.87. The fourth-order valence-electron chi connectivity index (χ4n) is 1.50. The van der Waals surface area contributed by atoms with E-state index in [4.69, 9.17) is 14.7 Å². The van der Waals surface area contributed by atoms with Gasteiger partial charge in [0.05, 0.1) is 13.2 Å². The van der Waals surface area contributed by atoms with Crippen LogP contribution < -0.4 is 15.0 Å². The van der Waals surface area contributed by atoms with E-state index in [9.17, 15) is 4.39 Å². The number of benzene rings is 1. The van der Waals surface area contributed by atoms with Crippen LogP contribution in [-0.4, -0.2) is 18.4 Å². The minimum absolute atomic E-state index is 0.139. The quantitative estimate of drug-likeness (QED) is 0.730. The highest BCUT2D eigenvalue weighted by molar-refractivity contribution is 5.48. The molecule has 1 heterocycles. The number of hydroxylamine groups is 1. The van der Waals surface area contributed by atoms with E-state index < -0.39 is 5.82 Å². The molecule has 0 saturated carbocycles. The summed E-state index contributed by atoms with van der Waals surface area (Å²) in [4.78, 5) is 0. The first-order valence-electron chi connectivity index (χ1n) is 4.77. The Balaban J connectivity index is 2.41. The zero-order valence-electron chi connectivity index (χ0n) is 8.12.